The van der Waals surface area contributed by atoms with Gasteiger partial charge in [-0.3, -0.25) is 0 Å². The number of thiophene rings is 1. The molecule has 108 valence electrons. The minimum atomic E-state index is 0.855. The summed E-state index contributed by atoms with van der Waals surface area (Å²) in [6.45, 7) is 5.73. The molecular formula is C13H14N6S2. The molecule has 0 aliphatic carbocycles. The predicted octanol–water partition coefficient (Wildman–Crippen LogP) is 2.18. The van der Waals surface area contributed by atoms with Crippen molar-refractivity contribution in [1.29, 1.82) is 0 Å². The lowest BCUT2D eigenvalue weighted by Gasteiger charge is -2.35. The van der Waals surface area contributed by atoms with E-state index in [-0.39, 0.29) is 0 Å². The van der Waals surface area contributed by atoms with Crippen molar-refractivity contribution in [3.63, 3.8) is 0 Å². The minimum Gasteiger partial charge on any atom is -0.352 e. The fourth-order valence-electron chi connectivity index (χ4n) is 2.53. The van der Waals surface area contributed by atoms with Gasteiger partial charge in [0.1, 0.15) is 18.0 Å². The highest BCUT2D eigenvalue weighted by molar-refractivity contribution is 7.17. The molecular weight excluding hydrogens is 304 g/mol. The van der Waals surface area contributed by atoms with E-state index < -0.39 is 0 Å². The molecule has 1 saturated heterocycles. The van der Waals surface area contributed by atoms with E-state index in [0.717, 1.165) is 48.5 Å². The van der Waals surface area contributed by atoms with Gasteiger partial charge >= 0.3 is 0 Å². The summed E-state index contributed by atoms with van der Waals surface area (Å²) in [6.07, 6.45) is 1.66. The van der Waals surface area contributed by atoms with Gasteiger partial charge in [0, 0.05) is 37.7 Å². The SMILES string of the molecule is Cc1nsc(N2CCN(c3ncnc4ccsc34)CC2)n1. The van der Waals surface area contributed by atoms with Crippen LogP contribution >= 0.6 is 22.9 Å². The van der Waals surface area contributed by atoms with Crippen LogP contribution in [-0.2, 0) is 0 Å². The Kier molecular flexibility index (Phi) is 3.19. The monoisotopic (exact) mass is 318 g/mol. The molecule has 0 aromatic carbocycles. The number of piperazine rings is 1. The lowest BCUT2D eigenvalue weighted by atomic mass is 10.3. The Labute approximate surface area is 130 Å². The van der Waals surface area contributed by atoms with E-state index in [1.807, 2.05) is 13.0 Å². The average Bonchev–Trinajstić information content (AvgIpc) is 3.15. The molecule has 0 unspecified atom stereocenters. The van der Waals surface area contributed by atoms with E-state index in [9.17, 15) is 0 Å². The number of anilines is 2. The van der Waals surface area contributed by atoms with Crippen LogP contribution < -0.4 is 9.80 Å². The van der Waals surface area contributed by atoms with Crippen LogP contribution in [0.1, 0.15) is 5.82 Å². The van der Waals surface area contributed by atoms with Gasteiger partial charge in [0.15, 0.2) is 0 Å². The third-order valence-corrected chi connectivity index (χ3v) is 5.36. The summed E-state index contributed by atoms with van der Waals surface area (Å²) in [5, 5.41) is 3.10. The van der Waals surface area contributed by atoms with Crippen molar-refractivity contribution >= 4 is 44.0 Å². The Morgan fingerprint density at radius 1 is 1.10 bits per heavy atom. The zero-order valence-corrected chi connectivity index (χ0v) is 13.2. The second-order valence-corrected chi connectivity index (χ2v) is 6.58. The topological polar surface area (TPSA) is 58.0 Å². The molecule has 8 heteroatoms. The zero-order valence-electron chi connectivity index (χ0n) is 11.6. The van der Waals surface area contributed by atoms with E-state index in [1.165, 1.54) is 16.2 Å². The van der Waals surface area contributed by atoms with Crippen molar-refractivity contribution in [3.05, 3.63) is 23.6 Å². The van der Waals surface area contributed by atoms with E-state index >= 15 is 0 Å². The molecule has 0 saturated carbocycles. The first kappa shape index (κ1) is 12.9. The van der Waals surface area contributed by atoms with Gasteiger partial charge in [-0.2, -0.15) is 4.37 Å². The van der Waals surface area contributed by atoms with Crippen LogP contribution in [-0.4, -0.2) is 45.5 Å². The van der Waals surface area contributed by atoms with Crippen molar-refractivity contribution in [2.24, 2.45) is 0 Å². The number of rotatable bonds is 2. The van der Waals surface area contributed by atoms with Gasteiger partial charge in [-0.15, -0.1) is 11.3 Å². The molecule has 6 nitrogen and oxygen atoms in total. The molecule has 3 aromatic rings. The number of fused-ring (bicyclic) bond motifs is 1. The maximum atomic E-state index is 4.49. The number of aryl methyl sites for hydroxylation is 1. The van der Waals surface area contributed by atoms with Crippen molar-refractivity contribution in [3.8, 4) is 0 Å². The van der Waals surface area contributed by atoms with Crippen LogP contribution in [0, 0.1) is 6.92 Å². The van der Waals surface area contributed by atoms with Crippen molar-refractivity contribution < 1.29 is 0 Å². The second kappa shape index (κ2) is 5.19. The Bertz CT molecular complexity index is 759. The molecule has 1 aliphatic rings. The quantitative estimate of drug-likeness (QED) is 0.722. The normalized spacial score (nSPS) is 15.9. The highest BCUT2D eigenvalue weighted by Crippen LogP contribution is 2.29. The molecule has 0 amide bonds. The molecule has 0 spiro atoms. The van der Waals surface area contributed by atoms with Crippen molar-refractivity contribution in [2.75, 3.05) is 36.0 Å². The van der Waals surface area contributed by atoms with Gasteiger partial charge in [-0.1, -0.05) is 0 Å². The fourth-order valence-corrected chi connectivity index (χ4v) is 4.11. The lowest BCUT2D eigenvalue weighted by molar-refractivity contribution is 0.647. The van der Waals surface area contributed by atoms with Crippen LogP contribution in [0.25, 0.3) is 10.2 Å². The highest BCUT2D eigenvalue weighted by Gasteiger charge is 2.22. The lowest BCUT2D eigenvalue weighted by Crippen LogP contribution is -2.46. The van der Waals surface area contributed by atoms with Crippen molar-refractivity contribution in [1.82, 2.24) is 19.3 Å². The number of hydrogen-bond donors (Lipinski definition) is 0. The molecule has 0 N–H and O–H groups in total. The molecule has 0 bridgehead atoms. The zero-order chi connectivity index (χ0) is 14.2. The molecule has 4 rings (SSSR count). The van der Waals surface area contributed by atoms with Gasteiger partial charge in [0.25, 0.3) is 0 Å². The van der Waals surface area contributed by atoms with Crippen LogP contribution in [0.2, 0.25) is 0 Å². The first-order chi connectivity index (χ1) is 10.3. The van der Waals surface area contributed by atoms with Crippen LogP contribution in [0.3, 0.4) is 0 Å². The Morgan fingerprint density at radius 3 is 2.67 bits per heavy atom. The van der Waals surface area contributed by atoms with Crippen LogP contribution in [0.5, 0.6) is 0 Å². The Morgan fingerprint density at radius 2 is 1.90 bits per heavy atom. The van der Waals surface area contributed by atoms with Gasteiger partial charge < -0.3 is 9.80 Å². The number of nitrogens with zero attached hydrogens (tertiary/aromatic N) is 6. The maximum Gasteiger partial charge on any atom is 0.205 e. The smallest absolute Gasteiger partial charge is 0.205 e. The van der Waals surface area contributed by atoms with Gasteiger partial charge in [0.05, 0.1) is 10.2 Å². The largest absolute Gasteiger partial charge is 0.352 e. The summed E-state index contributed by atoms with van der Waals surface area (Å²) >= 11 is 3.19. The summed E-state index contributed by atoms with van der Waals surface area (Å²) in [4.78, 5) is 17.9. The maximum absolute atomic E-state index is 4.49. The van der Waals surface area contributed by atoms with Gasteiger partial charge in [-0.05, 0) is 18.4 Å². The molecule has 0 radical (unpaired) electrons. The Hall–Kier alpha value is -1.80. The van der Waals surface area contributed by atoms with Crippen molar-refractivity contribution in [2.45, 2.75) is 6.92 Å². The highest BCUT2D eigenvalue weighted by atomic mass is 32.1. The van der Waals surface area contributed by atoms with Crippen LogP contribution in [0.15, 0.2) is 17.8 Å². The molecule has 4 heterocycles. The van der Waals surface area contributed by atoms with Gasteiger partial charge in [-0.25, -0.2) is 15.0 Å². The predicted molar refractivity (Wildman–Crippen MR) is 86.5 cm³/mol. The molecule has 1 fully saturated rings. The molecule has 3 aromatic heterocycles. The summed E-state index contributed by atoms with van der Waals surface area (Å²) in [7, 11) is 0. The van der Waals surface area contributed by atoms with E-state index in [1.54, 1.807) is 17.7 Å². The summed E-state index contributed by atoms with van der Waals surface area (Å²) in [6, 6.07) is 2.05. The van der Waals surface area contributed by atoms with E-state index in [2.05, 4.69) is 34.5 Å². The fraction of sp³-hybridized carbons (Fsp3) is 0.385. The Balaban J connectivity index is 1.53. The van der Waals surface area contributed by atoms with Crippen LogP contribution in [0.4, 0.5) is 10.9 Å². The summed E-state index contributed by atoms with van der Waals surface area (Å²) in [5.74, 6) is 1.91. The van der Waals surface area contributed by atoms with E-state index in [4.69, 9.17) is 0 Å². The third-order valence-electron chi connectivity index (χ3n) is 3.59. The minimum absolute atomic E-state index is 0.855. The first-order valence-corrected chi connectivity index (χ1v) is 8.45. The van der Waals surface area contributed by atoms with Gasteiger partial charge in [0.2, 0.25) is 5.13 Å². The summed E-state index contributed by atoms with van der Waals surface area (Å²) < 4.78 is 5.44. The van der Waals surface area contributed by atoms with E-state index in [0.29, 0.717) is 0 Å². The third kappa shape index (κ3) is 2.34. The second-order valence-electron chi connectivity index (χ2n) is 4.93. The number of aromatic nitrogens is 4. The average molecular weight is 318 g/mol. The molecule has 21 heavy (non-hydrogen) atoms. The molecule has 0 atom stereocenters. The summed E-state index contributed by atoms with van der Waals surface area (Å²) in [5.41, 5.74) is 1.03. The number of hydrogen-bond acceptors (Lipinski definition) is 8. The first-order valence-electron chi connectivity index (χ1n) is 6.80. The molecule has 1 aliphatic heterocycles. The standard InChI is InChI=1S/C13H14N6S2/c1-9-16-13(21-17-9)19-5-3-18(4-6-19)12-11-10(2-7-20-11)14-8-15-12/h2,7-8H,3-6H2,1H3.